The Hall–Kier alpha value is -0.645. The predicted octanol–water partition coefficient (Wildman–Crippen LogP) is 1.03. The number of hydrogen-bond acceptors (Lipinski definition) is 2. The van der Waals surface area contributed by atoms with Crippen molar-refractivity contribution in [3.63, 3.8) is 0 Å². The second-order valence-electron chi connectivity index (χ2n) is 2.46. The first-order valence-electron chi connectivity index (χ1n) is 3.43. The molecule has 12 heavy (non-hydrogen) atoms. The van der Waals surface area contributed by atoms with Crippen LogP contribution < -0.4 is 5.46 Å². The molecule has 1 heterocycles. The van der Waals surface area contributed by atoms with Crippen LogP contribution >= 0.6 is 22.6 Å². The molecule has 2 radical (unpaired) electrons. The first-order valence-corrected chi connectivity index (χ1v) is 4.51. The van der Waals surface area contributed by atoms with Crippen molar-refractivity contribution in [2.45, 2.75) is 0 Å². The number of halogens is 1. The molecule has 2 rings (SSSR count). The lowest BCUT2D eigenvalue weighted by atomic mass is 9.95. The lowest BCUT2D eigenvalue weighted by molar-refractivity contribution is 1.15. The highest BCUT2D eigenvalue weighted by Gasteiger charge is 1.95. The normalized spacial score (nSPS) is 10.4. The highest BCUT2D eigenvalue weighted by atomic mass is 127. The van der Waals surface area contributed by atoms with Crippen molar-refractivity contribution in [1.29, 1.82) is 0 Å². The average Bonchev–Trinajstić information content (AvgIpc) is 2.05. The van der Waals surface area contributed by atoms with Gasteiger partial charge < -0.3 is 0 Å². The molecular formula is C8H4BIN2. The molecule has 0 amide bonds. The molecule has 0 atom stereocenters. The summed E-state index contributed by atoms with van der Waals surface area (Å²) in [6.07, 6.45) is 1.78. The summed E-state index contributed by atoms with van der Waals surface area (Å²) in [6.45, 7) is 0. The summed E-state index contributed by atoms with van der Waals surface area (Å²) in [5, 5.41) is 0.982. The Labute approximate surface area is 85.0 Å². The molecule has 0 saturated carbocycles. The van der Waals surface area contributed by atoms with E-state index in [1.807, 2.05) is 18.2 Å². The van der Waals surface area contributed by atoms with E-state index in [2.05, 4.69) is 32.6 Å². The van der Waals surface area contributed by atoms with Crippen LogP contribution in [0.15, 0.2) is 24.4 Å². The molecule has 0 saturated heterocycles. The third-order valence-corrected chi connectivity index (χ3v) is 2.09. The van der Waals surface area contributed by atoms with Crippen LogP contribution in [-0.4, -0.2) is 17.8 Å². The van der Waals surface area contributed by atoms with Crippen LogP contribution in [0, 0.1) is 3.83 Å². The van der Waals surface area contributed by atoms with E-state index in [1.54, 1.807) is 6.20 Å². The second kappa shape index (κ2) is 3.01. The largest absolute Gasteiger partial charge is 0.231 e. The van der Waals surface area contributed by atoms with Gasteiger partial charge in [-0.1, -0.05) is 17.6 Å². The lowest BCUT2D eigenvalue weighted by Gasteiger charge is -1.97. The molecule has 56 valence electrons. The van der Waals surface area contributed by atoms with Gasteiger partial charge in [0.15, 0.2) is 3.83 Å². The summed E-state index contributed by atoms with van der Waals surface area (Å²) in [5.74, 6) is 0. The Kier molecular flexibility index (Phi) is 2.00. The van der Waals surface area contributed by atoms with Gasteiger partial charge >= 0.3 is 0 Å². The lowest BCUT2D eigenvalue weighted by Crippen LogP contribution is -2.01. The SMILES string of the molecule is [B]c1ccc2nc(I)ncc2c1. The monoisotopic (exact) mass is 266 g/mol. The number of aromatic nitrogens is 2. The van der Waals surface area contributed by atoms with Gasteiger partial charge in [0, 0.05) is 34.2 Å². The Morgan fingerprint density at radius 1 is 1.33 bits per heavy atom. The van der Waals surface area contributed by atoms with Gasteiger partial charge in [0.1, 0.15) is 7.85 Å². The maximum absolute atomic E-state index is 5.60. The van der Waals surface area contributed by atoms with Crippen molar-refractivity contribution in [2.75, 3.05) is 0 Å². The Morgan fingerprint density at radius 3 is 3.00 bits per heavy atom. The van der Waals surface area contributed by atoms with Gasteiger partial charge in [-0.25, -0.2) is 9.97 Å². The summed E-state index contributed by atoms with van der Waals surface area (Å²) in [7, 11) is 5.60. The highest BCUT2D eigenvalue weighted by molar-refractivity contribution is 14.1. The minimum Gasteiger partial charge on any atom is -0.231 e. The molecule has 0 bridgehead atoms. The maximum Gasteiger partial charge on any atom is 0.191 e. The molecule has 0 spiro atoms. The van der Waals surface area contributed by atoms with E-state index in [1.165, 1.54) is 0 Å². The molecule has 4 heteroatoms. The number of benzene rings is 1. The first-order chi connectivity index (χ1) is 5.75. The van der Waals surface area contributed by atoms with Crippen LogP contribution in [0.2, 0.25) is 0 Å². The molecule has 0 aliphatic heterocycles. The quantitative estimate of drug-likeness (QED) is 0.404. The molecule has 0 N–H and O–H groups in total. The van der Waals surface area contributed by atoms with E-state index < -0.39 is 0 Å². The van der Waals surface area contributed by atoms with E-state index in [0.717, 1.165) is 20.2 Å². The van der Waals surface area contributed by atoms with Crippen LogP contribution in [0.3, 0.4) is 0 Å². The standard InChI is InChI=1S/C8H4BIN2/c9-6-1-2-7-5(3-6)4-11-8(10)12-7/h1-4H. The summed E-state index contributed by atoms with van der Waals surface area (Å²) in [6, 6.07) is 5.60. The summed E-state index contributed by atoms with van der Waals surface area (Å²) in [5.41, 5.74) is 1.68. The Morgan fingerprint density at radius 2 is 2.17 bits per heavy atom. The van der Waals surface area contributed by atoms with Crippen molar-refractivity contribution in [2.24, 2.45) is 0 Å². The zero-order valence-corrected chi connectivity index (χ0v) is 8.32. The number of nitrogens with zero attached hydrogens (tertiary/aromatic N) is 2. The van der Waals surface area contributed by atoms with E-state index in [-0.39, 0.29) is 0 Å². The van der Waals surface area contributed by atoms with Crippen molar-refractivity contribution < 1.29 is 0 Å². The molecule has 2 nitrogen and oxygen atoms in total. The highest BCUT2D eigenvalue weighted by Crippen LogP contribution is 2.08. The minimum atomic E-state index is 0.743. The van der Waals surface area contributed by atoms with Crippen molar-refractivity contribution >= 4 is 46.8 Å². The van der Waals surface area contributed by atoms with Gasteiger partial charge in [-0.3, -0.25) is 0 Å². The molecule has 1 aromatic heterocycles. The van der Waals surface area contributed by atoms with E-state index in [0.29, 0.717) is 0 Å². The van der Waals surface area contributed by atoms with Gasteiger partial charge in [0.2, 0.25) is 0 Å². The van der Waals surface area contributed by atoms with Crippen molar-refractivity contribution in [3.8, 4) is 0 Å². The molecule has 0 fully saturated rings. The van der Waals surface area contributed by atoms with E-state index in [4.69, 9.17) is 7.85 Å². The number of hydrogen-bond donors (Lipinski definition) is 0. The molecular weight excluding hydrogens is 262 g/mol. The maximum atomic E-state index is 5.60. The fraction of sp³-hybridized carbons (Fsp3) is 0. The molecule has 2 aromatic rings. The zero-order chi connectivity index (χ0) is 8.55. The fourth-order valence-corrected chi connectivity index (χ4v) is 1.43. The molecule has 0 unspecified atom stereocenters. The van der Waals surface area contributed by atoms with Gasteiger partial charge in [-0.05, 0) is 6.07 Å². The van der Waals surface area contributed by atoms with Gasteiger partial charge in [-0.15, -0.1) is 0 Å². The predicted molar refractivity (Wildman–Crippen MR) is 57.6 cm³/mol. The topological polar surface area (TPSA) is 25.8 Å². The molecule has 0 aliphatic rings. The van der Waals surface area contributed by atoms with E-state index >= 15 is 0 Å². The van der Waals surface area contributed by atoms with Crippen LogP contribution in [0.1, 0.15) is 0 Å². The Balaban J connectivity index is 2.79. The van der Waals surface area contributed by atoms with Crippen LogP contribution in [0.25, 0.3) is 10.9 Å². The summed E-state index contributed by atoms with van der Waals surface area (Å²) >= 11 is 2.08. The number of fused-ring (bicyclic) bond motifs is 1. The molecule has 1 aromatic carbocycles. The summed E-state index contributed by atoms with van der Waals surface area (Å²) < 4.78 is 0.755. The third-order valence-electron chi connectivity index (χ3n) is 1.57. The third kappa shape index (κ3) is 1.43. The van der Waals surface area contributed by atoms with Gasteiger partial charge in [-0.2, -0.15) is 0 Å². The van der Waals surface area contributed by atoms with Crippen LogP contribution in [0.5, 0.6) is 0 Å². The first kappa shape index (κ1) is 7.98. The average molecular weight is 266 g/mol. The van der Waals surface area contributed by atoms with Crippen molar-refractivity contribution in [1.82, 2.24) is 9.97 Å². The second-order valence-corrected chi connectivity index (χ2v) is 3.42. The Bertz CT molecular complexity index is 389. The van der Waals surface area contributed by atoms with Crippen molar-refractivity contribution in [3.05, 3.63) is 28.2 Å². The van der Waals surface area contributed by atoms with Gasteiger partial charge in [0.25, 0.3) is 0 Å². The van der Waals surface area contributed by atoms with Crippen LogP contribution in [-0.2, 0) is 0 Å². The number of rotatable bonds is 0. The fourth-order valence-electron chi connectivity index (χ4n) is 1.03. The minimum absolute atomic E-state index is 0.743. The summed E-state index contributed by atoms with van der Waals surface area (Å²) in [4.78, 5) is 8.31. The molecule has 0 aliphatic carbocycles. The van der Waals surface area contributed by atoms with Crippen LogP contribution in [0.4, 0.5) is 0 Å². The van der Waals surface area contributed by atoms with E-state index in [9.17, 15) is 0 Å². The zero-order valence-electron chi connectivity index (χ0n) is 6.16. The van der Waals surface area contributed by atoms with Gasteiger partial charge in [0.05, 0.1) is 5.52 Å². The smallest absolute Gasteiger partial charge is 0.191 e.